The predicted octanol–water partition coefficient (Wildman–Crippen LogP) is 3.55. The van der Waals surface area contributed by atoms with Crippen molar-refractivity contribution in [3.63, 3.8) is 0 Å². The van der Waals surface area contributed by atoms with Crippen LogP contribution in [0.15, 0.2) is 0 Å². The molecule has 0 atom stereocenters. The predicted molar refractivity (Wildman–Crippen MR) is 57.8 cm³/mol. The fraction of sp³-hybridized carbons (Fsp3) is 1.00. The molecule has 2 saturated heterocycles. The molecular formula is C6H12Br2Te2. The molecule has 10 heavy (non-hydrogen) atoms. The molecule has 0 bridgehead atoms. The zero-order chi connectivity index (χ0) is 7.24. The molecule has 0 spiro atoms. The van der Waals surface area contributed by atoms with Gasteiger partial charge in [0.1, 0.15) is 0 Å². The molecule has 0 radical (unpaired) electrons. The summed E-state index contributed by atoms with van der Waals surface area (Å²) >= 11 is 5.75. The second-order valence-electron chi connectivity index (χ2n) is 2.97. The maximum absolute atomic E-state index is 4.16. The summed E-state index contributed by atoms with van der Waals surface area (Å²) in [5.41, 5.74) is 0. The van der Waals surface area contributed by atoms with Crippen LogP contribution < -0.4 is 0 Å². The molecule has 0 amide bonds. The van der Waals surface area contributed by atoms with Crippen molar-refractivity contribution >= 4 is 49.7 Å². The van der Waals surface area contributed by atoms with E-state index in [9.17, 15) is 0 Å². The van der Waals surface area contributed by atoms with E-state index in [1.165, 1.54) is 0 Å². The number of hydrogen-bond acceptors (Lipinski definition) is 0. The average Bonchev–Trinajstić information content (AvgIpc) is 2.20. The van der Waals surface area contributed by atoms with Crippen molar-refractivity contribution in [1.29, 1.82) is 0 Å². The molecule has 2 aliphatic rings. The van der Waals surface area contributed by atoms with Crippen molar-refractivity contribution in [2.45, 2.75) is 30.7 Å². The molecule has 0 aliphatic carbocycles. The van der Waals surface area contributed by atoms with Crippen LogP contribution in [0.3, 0.4) is 0 Å². The van der Waals surface area contributed by atoms with Gasteiger partial charge in [0.25, 0.3) is 0 Å². The van der Waals surface area contributed by atoms with Crippen molar-refractivity contribution in [1.82, 2.24) is 0 Å². The van der Waals surface area contributed by atoms with Gasteiger partial charge < -0.3 is 0 Å². The van der Waals surface area contributed by atoms with Crippen LogP contribution in [0.4, 0.5) is 0 Å². The van der Waals surface area contributed by atoms with E-state index in [4.69, 9.17) is 0 Å². The van der Waals surface area contributed by atoms with Crippen LogP contribution in [0.2, 0.25) is 17.9 Å². The summed E-state index contributed by atoms with van der Waals surface area (Å²) in [4.78, 5) is 0. The van der Waals surface area contributed by atoms with Gasteiger partial charge in [-0.2, -0.15) is 0 Å². The van der Waals surface area contributed by atoms with Gasteiger partial charge in [0.2, 0.25) is 0 Å². The average molecular weight is 499 g/mol. The van der Waals surface area contributed by atoms with Gasteiger partial charge in [-0.25, -0.2) is 0 Å². The molecule has 62 valence electrons. The summed E-state index contributed by atoms with van der Waals surface area (Å²) in [6.45, 7) is 0. The van der Waals surface area contributed by atoms with Crippen molar-refractivity contribution in [2.75, 3.05) is 0 Å². The topological polar surface area (TPSA) is 0 Å². The molecular weight excluding hydrogens is 487 g/mol. The van der Waals surface area contributed by atoms with Crippen LogP contribution in [0.1, 0.15) is 12.8 Å². The minimum absolute atomic E-state index is 1.28. The Hall–Kier alpha value is 2.54. The molecule has 2 aliphatic heterocycles. The monoisotopic (exact) mass is 502 g/mol. The normalized spacial score (nSPS) is 66.2. The summed E-state index contributed by atoms with van der Waals surface area (Å²) in [5, 5.41) is 0. The number of halogens is 2. The Morgan fingerprint density at radius 2 is 1.00 bits per heavy atom. The van der Waals surface area contributed by atoms with Crippen LogP contribution >= 0.6 is 25.5 Å². The molecule has 0 nitrogen and oxygen atoms in total. The SMILES string of the molecule is Br[Te]12CCC[Te]1(Br)CCC2. The molecule has 0 aromatic heterocycles. The second-order valence-corrected chi connectivity index (χ2v) is 74.8. The molecule has 2 rings (SSSR count). The van der Waals surface area contributed by atoms with Crippen LogP contribution in [-0.2, 0) is 0 Å². The van der Waals surface area contributed by atoms with Crippen LogP contribution in [0.25, 0.3) is 0 Å². The Kier molecular flexibility index (Phi) is 2.77. The second kappa shape index (κ2) is 3.04. The minimum atomic E-state index is -1.28. The Labute approximate surface area is 78.9 Å². The van der Waals surface area contributed by atoms with Gasteiger partial charge in [-0.15, -0.1) is 0 Å². The fourth-order valence-corrected chi connectivity index (χ4v) is 78.3. The van der Waals surface area contributed by atoms with Gasteiger partial charge in [-0.1, -0.05) is 0 Å². The molecule has 0 unspecified atom stereocenters. The van der Waals surface area contributed by atoms with Gasteiger partial charge in [-0.3, -0.25) is 0 Å². The molecule has 0 aromatic rings. The van der Waals surface area contributed by atoms with Crippen molar-refractivity contribution in [3.05, 3.63) is 0 Å². The Bertz CT molecular complexity index is 134. The summed E-state index contributed by atoms with van der Waals surface area (Å²) in [6.07, 6.45) is 3.14. The van der Waals surface area contributed by atoms with Gasteiger partial charge in [0.05, 0.1) is 0 Å². The Balaban J connectivity index is 2.30. The molecule has 2 heterocycles. The third-order valence-corrected chi connectivity index (χ3v) is 119. The first-order valence-corrected chi connectivity index (χ1v) is 28.0. The Morgan fingerprint density at radius 1 is 0.700 bits per heavy atom. The van der Waals surface area contributed by atoms with E-state index in [0.717, 1.165) is 0 Å². The van der Waals surface area contributed by atoms with Gasteiger partial charge in [-0.05, 0) is 0 Å². The zero-order valence-electron chi connectivity index (χ0n) is 5.82. The van der Waals surface area contributed by atoms with E-state index >= 15 is 0 Å². The first-order valence-electron chi connectivity index (χ1n) is 3.63. The summed E-state index contributed by atoms with van der Waals surface area (Å²) in [7, 11) is 0. The van der Waals surface area contributed by atoms with Crippen LogP contribution in [0, 0.1) is 0 Å². The van der Waals surface area contributed by atoms with Crippen LogP contribution in [-0.4, -0.2) is 24.2 Å². The molecule has 4 heteroatoms. The van der Waals surface area contributed by atoms with E-state index in [0.29, 0.717) is 0 Å². The standard InChI is InChI=1S/C6H12Br2Te2/c7-9-3-1-4-10(9,8)6-2-5-9/h1-6H2. The summed E-state index contributed by atoms with van der Waals surface area (Å²) < 4.78 is 6.59. The molecule has 0 aromatic carbocycles. The van der Waals surface area contributed by atoms with Crippen molar-refractivity contribution < 1.29 is 0 Å². The van der Waals surface area contributed by atoms with E-state index in [2.05, 4.69) is 25.5 Å². The first-order chi connectivity index (χ1) is 4.66. The molecule has 0 saturated carbocycles. The summed E-state index contributed by atoms with van der Waals surface area (Å²) in [6, 6.07) is 0. The van der Waals surface area contributed by atoms with E-state index in [1.807, 2.05) is 0 Å². The maximum atomic E-state index is 4.16. The van der Waals surface area contributed by atoms with Crippen molar-refractivity contribution in [3.8, 4) is 0 Å². The molecule has 0 N–H and O–H groups in total. The van der Waals surface area contributed by atoms with Crippen LogP contribution in [0.5, 0.6) is 0 Å². The van der Waals surface area contributed by atoms with Gasteiger partial charge >= 0.3 is 80.4 Å². The zero-order valence-corrected chi connectivity index (χ0v) is 13.6. The first kappa shape index (κ1) is 9.11. The number of hydrogen-bond donors (Lipinski definition) is 0. The third-order valence-electron chi connectivity index (χ3n) is 2.33. The van der Waals surface area contributed by atoms with Gasteiger partial charge in [0.15, 0.2) is 0 Å². The summed E-state index contributed by atoms with van der Waals surface area (Å²) in [5.74, 6) is 0. The Morgan fingerprint density at radius 3 is 1.30 bits per heavy atom. The van der Waals surface area contributed by atoms with E-state index < -0.39 is 24.2 Å². The van der Waals surface area contributed by atoms with E-state index in [1.54, 1.807) is 30.7 Å². The third kappa shape index (κ3) is 1.26. The fourth-order valence-electron chi connectivity index (χ4n) is 1.78. The van der Waals surface area contributed by atoms with Gasteiger partial charge in [0, 0.05) is 0 Å². The van der Waals surface area contributed by atoms with E-state index in [-0.39, 0.29) is 0 Å². The number of fused-ring (bicyclic) bond motifs is 1. The molecule has 2 fully saturated rings. The number of rotatable bonds is 0. The van der Waals surface area contributed by atoms with Crippen molar-refractivity contribution in [2.24, 2.45) is 0 Å². The quantitative estimate of drug-likeness (QED) is 0.448.